The average Bonchev–Trinajstić information content (AvgIpc) is 3.31. The fourth-order valence-corrected chi connectivity index (χ4v) is 3.75. The molecule has 1 aliphatic carbocycles. The number of ether oxygens (including phenoxy) is 1. The van der Waals surface area contributed by atoms with Crippen LogP contribution < -0.4 is 10.1 Å². The second kappa shape index (κ2) is 6.44. The number of carboxylic acid groups (broad SMARTS) is 1. The van der Waals surface area contributed by atoms with E-state index < -0.39 is 17.4 Å². The van der Waals surface area contributed by atoms with Gasteiger partial charge in [-0.25, -0.2) is 4.79 Å². The van der Waals surface area contributed by atoms with Crippen molar-refractivity contribution in [3.63, 3.8) is 0 Å². The van der Waals surface area contributed by atoms with E-state index in [1.54, 1.807) is 12.3 Å². The molecule has 0 spiro atoms. The monoisotopic (exact) mass is 352 g/mol. The van der Waals surface area contributed by atoms with Crippen molar-refractivity contribution >= 4 is 11.9 Å². The van der Waals surface area contributed by atoms with Crippen LogP contribution in [0.3, 0.4) is 0 Å². The highest BCUT2D eigenvalue weighted by atomic mass is 16.5. The SMILES string of the molecule is O=C(NC1(C(=O)O)CCCC1)c1cncc(-c2ccc3c(c2)CCO3)c1. The lowest BCUT2D eigenvalue weighted by atomic mass is 9.97. The molecule has 4 rings (SSSR count). The van der Waals surface area contributed by atoms with E-state index >= 15 is 0 Å². The summed E-state index contributed by atoms with van der Waals surface area (Å²) in [4.78, 5) is 28.5. The fourth-order valence-electron chi connectivity index (χ4n) is 3.75. The van der Waals surface area contributed by atoms with Crippen molar-refractivity contribution in [2.75, 3.05) is 6.61 Å². The number of amides is 1. The summed E-state index contributed by atoms with van der Waals surface area (Å²) in [5, 5.41) is 12.3. The lowest BCUT2D eigenvalue weighted by Crippen LogP contribution is -2.52. The fraction of sp³-hybridized carbons (Fsp3) is 0.350. The van der Waals surface area contributed by atoms with Gasteiger partial charge in [-0.1, -0.05) is 18.9 Å². The minimum atomic E-state index is -1.15. The zero-order valence-corrected chi connectivity index (χ0v) is 14.3. The second-order valence-electron chi connectivity index (χ2n) is 6.93. The van der Waals surface area contributed by atoms with Gasteiger partial charge in [-0.2, -0.15) is 0 Å². The molecule has 2 N–H and O–H groups in total. The van der Waals surface area contributed by atoms with Gasteiger partial charge >= 0.3 is 5.97 Å². The molecule has 0 unspecified atom stereocenters. The minimum absolute atomic E-state index is 0.367. The zero-order valence-electron chi connectivity index (χ0n) is 14.3. The summed E-state index contributed by atoms with van der Waals surface area (Å²) in [7, 11) is 0. The van der Waals surface area contributed by atoms with Crippen LogP contribution in [-0.4, -0.2) is 34.1 Å². The van der Waals surface area contributed by atoms with Crippen LogP contribution in [0.1, 0.15) is 41.6 Å². The van der Waals surface area contributed by atoms with E-state index in [0.29, 0.717) is 25.0 Å². The van der Waals surface area contributed by atoms with E-state index in [9.17, 15) is 14.7 Å². The first-order chi connectivity index (χ1) is 12.6. The molecule has 2 aliphatic rings. The van der Waals surface area contributed by atoms with Crippen molar-refractivity contribution in [3.8, 4) is 16.9 Å². The van der Waals surface area contributed by atoms with Crippen LogP contribution in [-0.2, 0) is 11.2 Å². The van der Waals surface area contributed by atoms with Gasteiger partial charge in [0.25, 0.3) is 5.91 Å². The molecule has 0 radical (unpaired) electrons. The predicted molar refractivity (Wildman–Crippen MR) is 95.2 cm³/mol. The number of pyridine rings is 1. The zero-order chi connectivity index (χ0) is 18.1. The van der Waals surface area contributed by atoms with E-state index in [0.717, 1.165) is 41.7 Å². The number of carbonyl (C=O) groups is 2. The lowest BCUT2D eigenvalue weighted by molar-refractivity contribution is -0.144. The first kappa shape index (κ1) is 16.6. The van der Waals surface area contributed by atoms with Crippen molar-refractivity contribution in [1.29, 1.82) is 0 Å². The molecule has 1 aromatic carbocycles. The summed E-state index contributed by atoms with van der Waals surface area (Å²) in [5.74, 6) is -0.459. The lowest BCUT2D eigenvalue weighted by Gasteiger charge is -2.25. The average molecular weight is 352 g/mol. The van der Waals surface area contributed by atoms with Gasteiger partial charge in [0, 0.05) is 24.4 Å². The topological polar surface area (TPSA) is 88.5 Å². The molecule has 0 saturated heterocycles. The Kier molecular flexibility index (Phi) is 4.11. The molecule has 134 valence electrons. The number of hydrogen-bond acceptors (Lipinski definition) is 4. The normalized spacial score (nSPS) is 17.4. The van der Waals surface area contributed by atoms with Crippen molar-refractivity contribution in [1.82, 2.24) is 10.3 Å². The number of nitrogens with zero attached hydrogens (tertiary/aromatic N) is 1. The Morgan fingerprint density at radius 2 is 1.92 bits per heavy atom. The van der Waals surface area contributed by atoms with Crippen molar-refractivity contribution in [2.45, 2.75) is 37.6 Å². The van der Waals surface area contributed by atoms with E-state index in [-0.39, 0.29) is 0 Å². The van der Waals surface area contributed by atoms with Crippen LogP contribution in [0.2, 0.25) is 0 Å². The summed E-state index contributed by atoms with van der Waals surface area (Å²) >= 11 is 0. The van der Waals surface area contributed by atoms with E-state index in [2.05, 4.69) is 16.4 Å². The molecule has 1 aromatic heterocycles. The number of carbonyl (C=O) groups excluding carboxylic acids is 1. The minimum Gasteiger partial charge on any atom is -0.493 e. The Hall–Kier alpha value is -2.89. The summed E-state index contributed by atoms with van der Waals surface area (Å²) in [6, 6.07) is 7.68. The van der Waals surface area contributed by atoms with Gasteiger partial charge in [0.05, 0.1) is 12.2 Å². The molecule has 6 nitrogen and oxygen atoms in total. The number of nitrogens with one attached hydrogen (secondary N) is 1. The van der Waals surface area contributed by atoms with Gasteiger partial charge in [-0.05, 0) is 42.2 Å². The number of fused-ring (bicyclic) bond motifs is 1. The molecule has 2 heterocycles. The van der Waals surface area contributed by atoms with E-state index in [4.69, 9.17) is 4.74 Å². The van der Waals surface area contributed by atoms with Crippen LogP contribution in [0, 0.1) is 0 Å². The van der Waals surface area contributed by atoms with Gasteiger partial charge in [0.15, 0.2) is 0 Å². The molecule has 0 atom stereocenters. The van der Waals surface area contributed by atoms with Gasteiger partial charge in [0.1, 0.15) is 11.3 Å². The molecular weight excluding hydrogens is 332 g/mol. The first-order valence-corrected chi connectivity index (χ1v) is 8.84. The maximum absolute atomic E-state index is 12.6. The Morgan fingerprint density at radius 3 is 2.69 bits per heavy atom. The quantitative estimate of drug-likeness (QED) is 0.883. The number of carboxylic acids is 1. The van der Waals surface area contributed by atoms with Gasteiger partial charge in [-0.15, -0.1) is 0 Å². The number of hydrogen-bond donors (Lipinski definition) is 2. The molecule has 1 saturated carbocycles. The number of benzene rings is 1. The third-order valence-electron chi connectivity index (χ3n) is 5.24. The first-order valence-electron chi connectivity index (χ1n) is 8.84. The number of rotatable bonds is 4. The van der Waals surface area contributed by atoms with Gasteiger partial charge < -0.3 is 15.2 Å². The van der Waals surface area contributed by atoms with Crippen molar-refractivity contribution < 1.29 is 19.4 Å². The smallest absolute Gasteiger partial charge is 0.329 e. The maximum Gasteiger partial charge on any atom is 0.329 e. The molecule has 26 heavy (non-hydrogen) atoms. The standard InChI is InChI=1S/C20H20N2O4/c23-18(22-20(19(24)25)6-1-2-7-20)16-10-15(11-21-12-16)13-3-4-17-14(9-13)5-8-26-17/h3-4,9-12H,1-2,5-8H2,(H,22,23)(H,24,25). The summed E-state index contributed by atoms with van der Waals surface area (Å²) < 4.78 is 5.52. The van der Waals surface area contributed by atoms with Crippen LogP contribution in [0.4, 0.5) is 0 Å². The highest BCUT2D eigenvalue weighted by Gasteiger charge is 2.42. The van der Waals surface area contributed by atoms with Gasteiger partial charge in [-0.3, -0.25) is 9.78 Å². The molecule has 0 bridgehead atoms. The van der Waals surface area contributed by atoms with Crippen molar-refractivity contribution in [2.24, 2.45) is 0 Å². The summed E-state index contributed by atoms with van der Waals surface area (Å²) in [6.45, 7) is 0.691. The van der Waals surface area contributed by atoms with Gasteiger partial charge in [0.2, 0.25) is 0 Å². The number of aromatic nitrogens is 1. The Morgan fingerprint density at radius 1 is 1.12 bits per heavy atom. The Bertz CT molecular complexity index is 872. The third kappa shape index (κ3) is 2.92. The number of aliphatic carboxylic acids is 1. The van der Waals surface area contributed by atoms with Crippen LogP contribution in [0.15, 0.2) is 36.7 Å². The van der Waals surface area contributed by atoms with E-state index in [1.165, 1.54) is 6.20 Å². The highest BCUT2D eigenvalue weighted by Crippen LogP contribution is 2.32. The third-order valence-corrected chi connectivity index (χ3v) is 5.24. The Labute approximate surface area is 151 Å². The molecular formula is C20H20N2O4. The van der Waals surface area contributed by atoms with Crippen LogP contribution in [0.25, 0.3) is 11.1 Å². The molecule has 1 fully saturated rings. The summed E-state index contributed by atoms with van der Waals surface area (Å²) in [5.41, 5.74) is 2.14. The Balaban J connectivity index is 1.59. The highest BCUT2D eigenvalue weighted by molar-refractivity contribution is 5.98. The van der Waals surface area contributed by atoms with Crippen LogP contribution >= 0.6 is 0 Å². The summed E-state index contributed by atoms with van der Waals surface area (Å²) in [6.07, 6.45) is 6.59. The largest absolute Gasteiger partial charge is 0.493 e. The predicted octanol–water partition coefficient (Wildman–Crippen LogP) is 2.81. The van der Waals surface area contributed by atoms with Crippen LogP contribution in [0.5, 0.6) is 5.75 Å². The van der Waals surface area contributed by atoms with Crippen molar-refractivity contribution in [3.05, 3.63) is 47.8 Å². The maximum atomic E-state index is 12.6. The molecule has 1 aliphatic heterocycles. The molecule has 2 aromatic rings. The molecule has 1 amide bonds. The van der Waals surface area contributed by atoms with E-state index in [1.807, 2.05) is 12.1 Å². The second-order valence-corrected chi connectivity index (χ2v) is 6.93. The molecule has 6 heteroatoms.